The standard InChI is InChI=1S/C12H24BrNO3/c1-4-11(5-2)14(7-6-13)12(15)10-17-9-8-16-3/h11H,4-10H2,1-3H3. The highest BCUT2D eigenvalue weighted by atomic mass is 79.9. The molecule has 0 aromatic heterocycles. The highest BCUT2D eigenvalue weighted by Gasteiger charge is 2.20. The molecule has 0 atom stereocenters. The van der Waals surface area contributed by atoms with Gasteiger partial charge in [0.05, 0.1) is 13.2 Å². The molecule has 17 heavy (non-hydrogen) atoms. The van der Waals surface area contributed by atoms with Crippen LogP contribution in [0.1, 0.15) is 26.7 Å². The third-order valence-electron chi connectivity index (χ3n) is 2.69. The Hall–Kier alpha value is -0.130. The van der Waals surface area contributed by atoms with Crippen molar-refractivity contribution >= 4 is 21.8 Å². The number of hydrogen-bond donors (Lipinski definition) is 0. The molecule has 0 saturated heterocycles. The molecule has 1 amide bonds. The van der Waals surface area contributed by atoms with E-state index in [1.807, 2.05) is 4.90 Å². The topological polar surface area (TPSA) is 38.8 Å². The smallest absolute Gasteiger partial charge is 0.248 e. The van der Waals surface area contributed by atoms with Crippen LogP contribution in [-0.2, 0) is 14.3 Å². The minimum atomic E-state index is 0.0641. The lowest BCUT2D eigenvalue weighted by molar-refractivity contribution is -0.138. The molecule has 5 heteroatoms. The molecule has 102 valence electrons. The zero-order valence-electron chi connectivity index (χ0n) is 11.1. The highest BCUT2D eigenvalue weighted by molar-refractivity contribution is 9.09. The molecule has 0 radical (unpaired) electrons. The average molecular weight is 310 g/mol. The first-order valence-corrected chi connectivity index (χ1v) is 7.25. The number of nitrogens with zero attached hydrogens (tertiary/aromatic N) is 1. The van der Waals surface area contributed by atoms with Crippen LogP contribution in [0, 0.1) is 0 Å². The fourth-order valence-corrected chi connectivity index (χ4v) is 2.10. The summed E-state index contributed by atoms with van der Waals surface area (Å²) in [4.78, 5) is 13.9. The lowest BCUT2D eigenvalue weighted by Gasteiger charge is -2.30. The molecule has 0 bridgehead atoms. The van der Waals surface area contributed by atoms with E-state index in [-0.39, 0.29) is 12.5 Å². The molecule has 4 nitrogen and oxygen atoms in total. The Labute approximate surface area is 113 Å². The second-order valence-electron chi connectivity index (χ2n) is 3.79. The van der Waals surface area contributed by atoms with Crippen LogP contribution in [0.3, 0.4) is 0 Å². The highest BCUT2D eigenvalue weighted by Crippen LogP contribution is 2.09. The van der Waals surface area contributed by atoms with Crippen LogP contribution in [0.5, 0.6) is 0 Å². The average Bonchev–Trinajstić information content (AvgIpc) is 2.34. The van der Waals surface area contributed by atoms with E-state index in [0.717, 1.165) is 24.7 Å². The van der Waals surface area contributed by atoms with Crippen molar-refractivity contribution in [3.05, 3.63) is 0 Å². The van der Waals surface area contributed by atoms with Crippen LogP contribution < -0.4 is 0 Å². The van der Waals surface area contributed by atoms with E-state index < -0.39 is 0 Å². The maximum atomic E-state index is 12.0. The van der Waals surface area contributed by atoms with Crippen LogP contribution >= 0.6 is 15.9 Å². The van der Waals surface area contributed by atoms with Crippen LogP contribution in [0.25, 0.3) is 0 Å². The molecule has 0 spiro atoms. The Balaban J connectivity index is 4.13. The van der Waals surface area contributed by atoms with Crippen LogP contribution in [-0.4, -0.2) is 55.7 Å². The summed E-state index contributed by atoms with van der Waals surface area (Å²) in [5.41, 5.74) is 0. The number of halogens is 1. The normalized spacial score (nSPS) is 10.9. The van der Waals surface area contributed by atoms with Gasteiger partial charge < -0.3 is 14.4 Å². The Morgan fingerprint density at radius 1 is 1.29 bits per heavy atom. The van der Waals surface area contributed by atoms with Gasteiger partial charge in [-0.1, -0.05) is 29.8 Å². The van der Waals surface area contributed by atoms with Crippen LogP contribution in [0.15, 0.2) is 0 Å². The number of methoxy groups -OCH3 is 1. The van der Waals surface area contributed by atoms with E-state index in [4.69, 9.17) is 9.47 Å². The number of carbonyl (C=O) groups is 1. The van der Waals surface area contributed by atoms with E-state index >= 15 is 0 Å². The Morgan fingerprint density at radius 3 is 2.41 bits per heavy atom. The summed E-state index contributed by atoms with van der Waals surface area (Å²) in [5.74, 6) is 0.0641. The first-order chi connectivity index (χ1) is 8.21. The summed E-state index contributed by atoms with van der Waals surface area (Å²) in [6.45, 7) is 6.08. The van der Waals surface area contributed by atoms with Gasteiger partial charge in [-0.3, -0.25) is 4.79 Å². The molecule has 0 fully saturated rings. The van der Waals surface area contributed by atoms with Gasteiger partial charge >= 0.3 is 0 Å². The van der Waals surface area contributed by atoms with Crippen molar-refractivity contribution < 1.29 is 14.3 Å². The van der Waals surface area contributed by atoms with E-state index in [9.17, 15) is 4.79 Å². The Bertz CT molecular complexity index is 198. The summed E-state index contributed by atoms with van der Waals surface area (Å²) in [6, 6.07) is 0.311. The van der Waals surface area contributed by atoms with E-state index in [2.05, 4.69) is 29.8 Å². The summed E-state index contributed by atoms with van der Waals surface area (Å²) < 4.78 is 10.1. The number of alkyl halides is 1. The van der Waals surface area contributed by atoms with Gasteiger partial charge in [0.1, 0.15) is 6.61 Å². The SMILES string of the molecule is CCC(CC)N(CCBr)C(=O)COCCOC. The molecule has 0 unspecified atom stereocenters. The van der Waals surface area contributed by atoms with Gasteiger partial charge in [0.25, 0.3) is 0 Å². The fraction of sp³-hybridized carbons (Fsp3) is 0.917. The molecule has 0 heterocycles. The second kappa shape index (κ2) is 11.0. The predicted octanol–water partition coefficient (Wildman–Crippen LogP) is 2.06. The Kier molecular flexibility index (Phi) is 10.9. The van der Waals surface area contributed by atoms with Crippen molar-refractivity contribution in [2.24, 2.45) is 0 Å². The lowest BCUT2D eigenvalue weighted by Crippen LogP contribution is -2.43. The number of amides is 1. The van der Waals surface area contributed by atoms with Gasteiger partial charge in [-0.05, 0) is 12.8 Å². The van der Waals surface area contributed by atoms with Crippen molar-refractivity contribution in [3.63, 3.8) is 0 Å². The zero-order chi connectivity index (χ0) is 13.1. The molecule has 0 N–H and O–H groups in total. The van der Waals surface area contributed by atoms with E-state index in [1.54, 1.807) is 7.11 Å². The molecule has 0 aliphatic heterocycles. The molecule has 0 saturated carbocycles. The summed E-state index contributed by atoms with van der Waals surface area (Å²) >= 11 is 3.38. The molecular weight excluding hydrogens is 286 g/mol. The molecule has 0 aromatic carbocycles. The number of hydrogen-bond acceptors (Lipinski definition) is 3. The van der Waals surface area contributed by atoms with Crippen LogP contribution in [0.2, 0.25) is 0 Å². The first kappa shape index (κ1) is 16.9. The fourth-order valence-electron chi connectivity index (χ4n) is 1.72. The molecule has 0 rings (SSSR count). The second-order valence-corrected chi connectivity index (χ2v) is 4.58. The number of carbonyl (C=O) groups excluding carboxylic acids is 1. The predicted molar refractivity (Wildman–Crippen MR) is 72.6 cm³/mol. The van der Waals surface area contributed by atoms with Gasteiger partial charge in [0.15, 0.2) is 0 Å². The molecule has 0 aromatic rings. The monoisotopic (exact) mass is 309 g/mol. The Morgan fingerprint density at radius 2 is 1.94 bits per heavy atom. The van der Waals surface area contributed by atoms with Gasteiger partial charge in [0, 0.05) is 25.0 Å². The largest absolute Gasteiger partial charge is 0.382 e. The lowest BCUT2D eigenvalue weighted by atomic mass is 10.1. The van der Waals surface area contributed by atoms with Gasteiger partial charge in [-0.15, -0.1) is 0 Å². The van der Waals surface area contributed by atoms with Gasteiger partial charge in [0.2, 0.25) is 5.91 Å². The maximum absolute atomic E-state index is 12.0. The third-order valence-corrected chi connectivity index (χ3v) is 3.04. The van der Waals surface area contributed by atoms with Crippen molar-refractivity contribution in [2.45, 2.75) is 32.7 Å². The van der Waals surface area contributed by atoms with Crippen molar-refractivity contribution in [3.8, 4) is 0 Å². The molecule has 0 aliphatic carbocycles. The molecule has 0 aliphatic rings. The van der Waals surface area contributed by atoms with Crippen LogP contribution in [0.4, 0.5) is 0 Å². The zero-order valence-corrected chi connectivity index (χ0v) is 12.7. The van der Waals surface area contributed by atoms with E-state index in [1.165, 1.54) is 0 Å². The summed E-state index contributed by atoms with van der Waals surface area (Å²) in [6.07, 6.45) is 1.96. The summed E-state index contributed by atoms with van der Waals surface area (Å²) in [7, 11) is 1.62. The number of rotatable bonds is 10. The number of ether oxygens (including phenoxy) is 2. The van der Waals surface area contributed by atoms with Crippen molar-refractivity contribution in [2.75, 3.05) is 38.8 Å². The third kappa shape index (κ3) is 7.01. The molecular formula is C12H24BrNO3. The van der Waals surface area contributed by atoms with Gasteiger partial charge in [-0.2, -0.15) is 0 Å². The summed E-state index contributed by atoms with van der Waals surface area (Å²) in [5, 5.41) is 0.799. The van der Waals surface area contributed by atoms with Gasteiger partial charge in [-0.25, -0.2) is 0 Å². The maximum Gasteiger partial charge on any atom is 0.248 e. The first-order valence-electron chi connectivity index (χ1n) is 6.13. The van der Waals surface area contributed by atoms with Crippen molar-refractivity contribution in [1.82, 2.24) is 4.90 Å². The minimum absolute atomic E-state index is 0.0641. The van der Waals surface area contributed by atoms with E-state index in [0.29, 0.717) is 19.3 Å². The van der Waals surface area contributed by atoms with Crippen molar-refractivity contribution in [1.29, 1.82) is 0 Å². The quantitative estimate of drug-likeness (QED) is 0.458. The minimum Gasteiger partial charge on any atom is -0.382 e.